The maximum absolute atomic E-state index is 14.3. The molecular formula is C32H25N3O. The molecule has 3 aromatic carbocycles. The van der Waals surface area contributed by atoms with Crippen molar-refractivity contribution in [2.75, 3.05) is 4.90 Å². The largest absolute Gasteiger partial charge is 0.353 e. The van der Waals surface area contributed by atoms with Gasteiger partial charge in [-0.05, 0) is 41.5 Å². The first-order valence-electron chi connectivity index (χ1n) is 12.5. The minimum Gasteiger partial charge on any atom is -0.353 e. The fraction of sp³-hybridized carbons (Fsp3) is 0.219. The number of carbonyl (C=O) groups is 1. The van der Waals surface area contributed by atoms with Crippen LogP contribution in [-0.2, 0) is 0 Å². The van der Waals surface area contributed by atoms with Crippen molar-refractivity contribution in [3.63, 3.8) is 0 Å². The lowest BCUT2D eigenvalue weighted by molar-refractivity contribution is 0.0952. The topological polar surface area (TPSA) is 67.9 Å². The summed E-state index contributed by atoms with van der Waals surface area (Å²) in [6.07, 6.45) is 6.26. The van der Waals surface area contributed by atoms with Crippen molar-refractivity contribution in [3.8, 4) is 12.1 Å². The van der Waals surface area contributed by atoms with Crippen LogP contribution in [-0.4, -0.2) is 17.9 Å². The summed E-state index contributed by atoms with van der Waals surface area (Å²) in [5.41, 5.74) is 4.97. The number of hydrogen-bond acceptors (Lipinski definition) is 4. The summed E-state index contributed by atoms with van der Waals surface area (Å²) in [6.45, 7) is 0. The van der Waals surface area contributed by atoms with Crippen LogP contribution in [0.3, 0.4) is 0 Å². The third-order valence-corrected chi connectivity index (χ3v) is 7.80. The normalized spacial score (nSPS) is 23.7. The third-order valence-electron chi connectivity index (χ3n) is 7.80. The van der Waals surface area contributed by atoms with E-state index in [4.69, 9.17) is 0 Å². The van der Waals surface area contributed by atoms with E-state index >= 15 is 0 Å². The summed E-state index contributed by atoms with van der Waals surface area (Å²) in [6, 6.07) is 31.6. The number of nitrogens with zero attached hydrogens (tertiary/aromatic N) is 3. The molecule has 0 bridgehead atoms. The van der Waals surface area contributed by atoms with Crippen LogP contribution >= 0.6 is 0 Å². The van der Waals surface area contributed by atoms with E-state index in [9.17, 15) is 15.3 Å². The predicted octanol–water partition coefficient (Wildman–Crippen LogP) is 6.31. The van der Waals surface area contributed by atoms with Crippen molar-refractivity contribution in [2.24, 2.45) is 11.8 Å². The van der Waals surface area contributed by atoms with Gasteiger partial charge in [-0.3, -0.25) is 4.79 Å². The molecule has 174 valence electrons. The van der Waals surface area contributed by atoms with Crippen LogP contribution in [0.4, 0.5) is 5.69 Å². The Hall–Kier alpha value is -4.41. The molecule has 0 spiro atoms. The maximum atomic E-state index is 14.3. The van der Waals surface area contributed by atoms with E-state index in [1.165, 1.54) is 0 Å². The van der Waals surface area contributed by atoms with E-state index in [1.54, 1.807) is 0 Å². The second-order valence-corrected chi connectivity index (χ2v) is 9.78. The van der Waals surface area contributed by atoms with Crippen molar-refractivity contribution in [1.82, 2.24) is 0 Å². The number of benzene rings is 3. The van der Waals surface area contributed by atoms with E-state index in [1.807, 2.05) is 60.7 Å². The van der Waals surface area contributed by atoms with Crippen LogP contribution in [0.2, 0.25) is 0 Å². The van der Waals surface area contributed by atoms with Gasteiger partial charge in [0.1, 0.15) is 23.8 Å². The van der Waals surface area contributed by atoms with Gasteiger partial charge < -0.3 is 4.90 Å². The van der Waals surface area contributed by atoms with Crippen LogP contribution in [0.15, 0.2) is 102 Å². The molecule has 4 atom stereocenters. The van der Waals surface area contributed by atoms with Crippen molar-refractivity contribution in [1.29, 1.82) is 10.5 Å². The van der Waals surface area contributed by atoms with Gasteiger partial charge in [0.25, 0.3) is 0 Å². The van der Waals surface area contributed by atoms with Crippen LogP contribution in [0.1, 0.15) is 40.2 Å². The van der Waals surface area contributed by atoms with Gasteiger partial charge in [-0.1, -0.05) is 91.0 Å². The predicted molar refractivity (Wildman–Crippen MR) is 140 cm³/mol. The van der Waals surface area contributed by atoms with E-state index < -0.39 is 6.04 Å². The molecule has 4 heteroatoms. The number of hydrogen-bond donors (Lipinski definition) is 0. The number of anilines is 1. The molecule has 0 unspecified atom stereocenters. The first-order chi connectivity index (χ1) is 17.7. The van der Waals surface area contributed by atoms with Crippen molar-refractivity contribution >= 4 is 17.5 Å². The molecule has 1 saturated heterocycles. The zero-order chi connectivity index (χ0) is 24.6. The number of carbonyl (C=O) groups excluding carboxylic acids is 1. The summed E-state index contributed by atoms with van der Waals surface area (Å²) in [7, 11) is 0. The minimum absolute atomic E-state index is 0.0627. The highest BCUT2D eigenvalue weighted by Gasteiger charge is 2.56. The summed E-state index contributed by atoms with van der Waals surface area (Å²) < 4.78 is 0. The molecule has 0 aromatic heterocycles. The second kappa shape index (κ2) is 8.99. The van der Waals surface area contributed by atoms with E-state index in [0.717, 1.165) is 35.2 Å². The number of allylic oxidation sites excluding steroid dienone is 1. The highest BCUT2D eigenvalue weighted by Crippen LogP contribution is 2.56. The quantitative estimate of drug-likeness (QED) is 0.326. The number of para-hydroxylation sites is 1. The molecule has 3 aliphatic rings. The Balaban J connectivity index is 1.63. The minimum atomic E-state index is -0.469. The Morgan fingerprint density at radius 1 is 0.833 bits per heavy atom. The van der Waals surface area contributed by atoms with Crippen LogP contribution in [0.5, 0.6) is 0 Å². The van der Waals surface area contributed by atoms with Gasteiger partial charge in [0.05, 0.1) is 6.04 Å². The molecule has 0 N–H and O–H groups in total. The summed E-state index contributed by atoms with van der Waals surface area (Å²) in [5.74, 6) is -0.0790. The van der Waals surface area contributed by atoms with Crippen LogP contribution in [0.25, 0.3) is 6.08 Å². The Morgan fingerprint density at radius 3 is 2.14 bits per heavy atom. The number of ketones is 1. The molecule has 36 heavy (non-hydrogen) atoms. The SMILES string of the molecule is N#CC(C#N)=C(C1CC1)[C@@H]1[C@H](c2ccccc2)[C@H](C(=O)c2ccccc2)N2c3ccccc3C=C[C@@H]12. The smallest absolute Gasteiger partial charge is 0.185 e. The lowest BCUT2D eigenvalue weighted by atomic mass is 9.73. The maximum Gasteiger partial charge on any atom is 0.185 e. The van der Waals surface area contributed by atoms with Crippen LogP contribution in [0, 0.1) is 34.5 Å². The highest BCUT2D eigenvalue weighted by molar-refractivity contribution is 6.04. The number of rotatable bonds is 5. The highest BCUT2D eigenvalue weighted by atomic mass is 16.1. The first kappa shape index (κ1) is 22.1. The Kier molecular flexibility index (Phi) is 5.51. The monoisotopic (exact) mass is 467 g/mol. The number of Topliss-reactive ketones (excluding diaryl/α,β-unsaturated/α-hetero) is 1. The zero-order valence-electron chi connectivity index (χ0n) is 19.8. The van der Waals surface area contributed by atoms with Gasteiger partial charge in [0, 0.05) is 23.1 Å². The average Bonchev–Trinajstić information content (AvgIpc) is 3.72. The average molecular weight is 468 g/mol. The third kappa shape index (κ3) is 3.55. The summed E-state index contributed by atoms with van der Waals surface area (Å²) in [5, 5.41) is 19.9. The van der Waals surface area contributed by atoms with E-state index in [2.05, 4.69) is 53.5 Å². The van der Waals surface area contributed by atoms with Gasteiger partial charge >= 0.3 is 0 Å². The van der Waals surface area contributed by atoms with Gasteiger partial charge in [0.15, 0.2) is 5.78 Å². The number of nitriles is 2. The molecule has 1 saturated carbocycles. The fourth-order valence-electron chi connectivity index (χ4n) is 6.23. The molecule has 2 aliphatic heterocycles. The standard InChI is InChI=1S/C32H25N3O/c33-19-25(20-34)28(23-15-16-23)30-27-18-17-21-9-7-8-14-26(21)35(27)31(29(30)22-10-3-1-4-11-22)32(36)24-12-5-2-6-13-24/h1-14,17-18,23,27,29-31H,15-16H2/t27-,29-,30+,31+/m0/s1. The Bertz CT molecular complexity index is 1440. The van der Waals surface area contributed by atoms with Crippen molar-refractivity contribution in [2.45, 2.75) is 30.8 Å². The number of fused-ring (bicyclic) bond motifs is 3. The molecule has 0 radical (unpaired) electrons. The molecule has 4 nitrogen and oxygen atoms in total. The van der Waals surface area contributed by atoms with Crippen LogP contribution < -0.4 is 4.90 Å². The Morgan fingerprint density at radius 2 is 1.47 bits per heavy atom. The zero-order valence-corrected chi connectivity index (χ0v) is 19.8. The van der Waals surface area contributed by atoms with E-state index in [-0.39, 0.29) is 35.2 Å². The molecular weight excluding hydrogens is 442 g/mol. The van der Waals surface area contributed by atoms with Gasteiger partial charge in [-0.2, -0.15) is 10.5 Å². The molecule has 2 heterocycles. The lowest BCUT2D eigenvalue weighted by Crippen LogP contribution is -2.43. The summed E-state index contributed by atoms with van der Waals surface area (Å²) in [4.78, 5) is 16.6. The molecule has 2 fully saturated rings. The van der Waals surface area contributed by atoms with Gasteiger partial charge in [0.2, 0.25) is 0 Å². The molecule has 0 amide bonds. The second-order valence-electron chi connectivity index (χ2n) is 9.78. The lowest BCUT2D eigenvalue weighted by Gasteiger charge is -2.36. The molecule has 3 aromatic rings. The Labute approximate surface area is 211 Å². The molecule has 1 aliphatic carbocycles. The van der Waals surface area contributed by atoms with Gasteiger partial charge in [-0.25, -0.2) is 0 Å². The first-order valence-corrected chi connectivity index (χ1v) is 12.5. The van der Waals surface area contributed by atoms with Gasteiger partial charge in [-0.15, -0.1) is 0 Å². The molecule has 6 rings (SSSR count). The van der Waals surface area contributed by atoms with E-state index in [0.29, 0.717) is 5.56 Å². The van der Waals surface area contributed by atoms with Crippen molar-refractivity contribution in [3.05, 3.63) is 119 Å². The fourth-order valence-corrected chi connectivity index (χ4v) is 6.23. The summed E-state index contributed by atoms with van der Waals surface area (Å²) >= 11 is 0. The van der Waals surface area contributed by atoms with Crippen molar-refractivity contribution < 1.29 is 4.79 Å².